The Morgan fingerprint density at radius 3 is 2.65 bits per heavy atom. The maximum absolute atomic E-state index is 13.2. The lowest BCUT2D eigenvalue weighted by Gasteiger charge is -2.29. The molecule has 2 aromatic rings. The molecule has 1 fully saturated rings. The average molecular weight is 447 g/mol. The number of thiazole rings is 1. The Labute approximate surface area is 184 Å². The molecule has 0 spiro atoms. The van der Waals surface area contributed by atoms with Gasteiger partial charge in [-0.3, -0.25) is 14.2 Å². The quantitative estimate of drug-likeness (QED) is 0.688. The highest BCUT2D eigenvalue weighted by molar-refractivity contribution is 7.07. The molecule has 1 heterocycles. The number of carbonyl (C=O) groups is 2. The largest absolute Gasteiger partial charge is 0.463 e. The van der Waals surface area contributed by atoms with Crippen LogP contribution in [0.3, 0.4) is 0 Å². The highest BCUT2D eigenvalue weighted by Gasteiger charge is 2.23. The van der Waals surface area contributed by atoms with Gasteiger partial charge in [-0.05, 0) is 49.5 Å². The molecule has 166 valence electrons. The van der Waals surface area contributed by atoms with E-state index in [0.717, 1.165) is 30.6 Å². The van der Waals surface area contributed by atoms with Crippen molar-refractivity contribution in [3.05, 3.63) is 55.2 Å². The van der Waals surface area contributed by atoms with Crippen molar-refractivity contribution in [2.24, 2.45) is 5.92 Å². The summed E-state index contributed by atoms with van der Waals surface area (Å²) < 4.78 is 20.1. The van der Waals surface area contributed by atoms with Crippen LogP contribution >= 0.6 is 11.3 Å². The van der Waals surface area contributed by atoms with Crippen molar-refractivity contribution in [1.29, 1.82) is 0 Å². The van der Waals surface area contributed by atoms with E-state index in [9.17, 15) is 18.8 Å². The average Bonchev–Trinajstić information content (AvgIpc) is 3.00. The number of halogens is 1. The summed E-state index contributed by atoms with van der Waals surface area (Å²) in [5.74, 6) is -0.812. The first-order chi connectivity index (χ1) is 14.9. The monoisotopic (exact) mass is 446 g/mol. The number of aromatic nitrogens is 1. The van der Waals surface area contributed by atoms with E-state index < -0.39 is 5.97 Å². The molecule has 1 amide bonds. The summed E-state index contributed by atoms with van der Waals surface area (Å²) in [7, 11) is 0. The number of nitrogens with one attached hydrogen (secondary N) is 1. The molecule has 2 atom stereocenters. The van der Waals surface area contributed by atoms with E-state index >= 15 is 0 Å². The number of esters is 1. The molecule has 0 unspecified atom stereocenters. The number of hydrogen-bond donors (Lipinski definition) is 1. The Balaban J connectivity index is 1.94. The van der Waals surface area contributed by atoms with E-state index in [1.165, 1.54) is 29.2 Å². The van der Waals surface area contributed by atoms with Gasteiger partial charge in [0, 0.05) is 6.04 Å². The predicted octanol–water partition coefficient (Wildman–Crippen LogP) is 1.92. The molecule has 1 aromatic carbocycles. The van der Waals surface area contributed by atoms with E-state index in [2.05, 4.69) is 12.2 Å². The molecule has 0 bridgehead atoms. The maximum Gasteiger partial charge on any atom is 0.333 e. The molecular formula is C23H27FN2O4S. The van der Waals surface area contributed by atoms with Crippen LogP contribution in [0.15, 0.2) is 29.1 Å². The molecule has 1 aliphatic carbocycles. The van der Waals surface area contributed by atoms with Crippen LogP contribution in [0.1, 0.15) is 45.1 Å². The second-order valence-electron chi connectivity index (χ2n) is 7.72. The van der Waals surface area contributed by atoms with Gasteiger partial charge in [0.05, 0.1) is 17.2 Å². The minimum Gasteiger partial charge on any atom is -0.463 e. The van der Waals surface area contributed by atoms with Gasteiger partial charge in [-0.15, -0.1) is 11.3 Å². The van der Waals surface area contributed by atoms with Gasteiger partial charge >= 0.3 is 5.97 Å². The zero-order chi connectivity index (χ0) is 22.4. The van der Waals surface area contributed by atoms with Crippen LogP contribution < -0.4 is 20.1 Å². The van der Waals surface area contributed by atoms with Gasteiger partial charge in [0.2, 0.25) is 5.91 Å². The Bertz CT molecular complexity index is 1100. The lowest BCUT2D eigenvalue weighted by atomic mass is 9.86. The van der Waals surface area contributed by atoms with Gasteiger partial charge in [-0.25, -0.2) is 9.18 Å². The van der Waals surface area contributed by atoms with Crippen molar-refractivity contribution in [2.75, 3.05) is 6.61 Å². The molecule has 0 aliphatic heterocycles. The summed E-state index contributed by atoms with van der Waals surface area (Å²) >= 11 is 1.09. The number of hydrogen-bond acceptors (Lipinski definition) is 5. The summed E-state index contributed by atoms with van der Waals surface area (Å²) in [6, 6.07) is 5.83. The Morgan fingerprint density at radius 2 is 1.97 bits per heavy atom. The zero-order valence-corrected chi connectivity index (χ0v) is 18.5. The van der Waals surface area contributed by atoms with Gasteiger partial charge in [0.15, 0.2) is 0 Å². The maximum atomic E-state index is 13.2. The zero-order valence-electron chi connectivity index (χ0n) is 17.7. The molecule has 1 N–H and O–H groups in total. The lowest BCUT2D eigenvalue weighted by molar-refractivity contribution is -0.135. The van der Waals surface area contributed by atoms with Crippen LogP contribution in [-0.4, -0.2) is 29.1 Å². The minimum atomic E-state index is -0.577. The second-order valence-corrected chi connectivity index (χ2v) is 8.79. The van der Waals surface area contributed by atoms with Crippen molar-refractivity contribution in [2.45, 2.75) is 52.1 Å². The van der Waals surface area contributed by atoms with Gasteiger partial charge in [0.1, 0.15) is 17.0 Å². The summed E-state index contributed by atoms with van der Waals surface area (Å²) in [5, 5.41) is 3.04. The standard InChI is InChI=1S/C23H27FN2O4S/c1-3-30-22(28)13-21-26(14-20(27)25-18-7-5-4-6-15(18)2)23(29)19(31-21)12-16-8-10-17(24)11-9-16/h8-13,15,18H,3-7,14H2,1-2H3,(H,25,27)/b19-12-,21-13-/t15-,18-/m0/s1. The Hall–Kier alpha value is -2.74. The topological polar surface area (TPSA) is 77.4 Å². The van der Waals surface area contributed by atoms with Crippen LogP contribution in [0, 0.1) is 11.7 Å². The molecule has 1 aromatic heterocycles. The summed E-state index contributed by atoms with van der Waals surface area (Å²) in [5.41, 5.74) is 0.270. The number of amides is 1. The fraction of sp³-hybridized carbons (Fsp3) is 0.435. The van der Waals surface area contributed by atoms with E-state index in [4.69, 9.17) is 4.74 Å². The van der Waals surface area contributed by atoms with E-state index in [1.807, 2.05) is 0 Å². The first-order valence-corrected chi connectivity index (χ1v) is 11.3. The van der Waals surface area contributed by atoms with Crippen LogP contribution in [0.25, 0.3) is 12.2 Å². The molecular weight excluding hydrogens is 419 g/mol. The SMILES string of the molecule is CCOC(=O)/C=c1\s/c(=C\c2ccc(F)cc2)c(=O)n1CC(=O)N[C@H]1CCCC[C@@H]1C. The first-order valence-electron chi connectivity index (χ1n) is 10.5. The number of rotatable bonds is 6. The molecule has 3 rings (SSSR count). The number of nitrogens with zero attached hydrogens (tertiary/aromatic N) is 1. The van der Waals surface area contributed by atoms with Crippen molar-refractivity contribution >= 4 is 35.4 Å². The fourth-order valence-electron chi connectivity index (χ4n) is 3.71. The number of ether oxygens (including phenoxy) is 1. The van der Waals surface area contributed by atoms with Crippen molar-refractivity contribution in [3.63, 3.8) is 0 Å². The molecule has 6 nitrogen and oxygen atoms in total. The summed E-state index contributed by atoms with van der Waals surface area (Å²) in [6.45, 7) is 3.84. The molecule has 0 saturated heterocycles. The summed E-state index contributed by atoms with van der Waals surface area (Å²) in [6.07, 6.45) is 7.09. The highest BCUT2D eigenvalue weighted by Crippen LogP contribution is 2.23. The third-order valence-electron chi connectivity index (χ3n) is 5.39. The van der Waals surface area contributed by atoms with Crippen molar-refractivity contribution in [1.82, 2.24) is 9.88 Å². The minimum absolute atomic E-state index is 0.0957. The molecule has 31 heavy (non-hydrogen) atoms. The smallest absolute Gasteiger partial charge is 0.333 e. The van der Waals surface area contributed by atoms with Gasteiger partial charge in [0.25, 0.3) is 5.56 Å². The number of carbonyl (C=O) groups excluding carboxylic acids is 2. The second kappa shape index (κ2) is 10.5. The Kier molecular flexibility index (Phi) is 7.79. The summed E-state index contributed by atoms with van der Waals surface area (Å²) in [4.78, 5) is 37.7. The normalized spacial score (nSPS) is 20.0. The van der Waals surface area contributed by atoms with Crippen LogP contribution in [-0.2, 0) is 20.9 Å². The van der Waals surface area contributed by atoms with E-state index in [0.29, 0.717) is 20.7 Å². The first kappa shape index (κ1) is 22.9. The predicted molar refractivity (Wildman–Crippen MR) is 118 cm³/mol. The van der Waals surface area contributed by atoms with E-state index in [1.54, 1.807) is 25.1 Å². The molecule has 8 heteroatoms. The Morgan fingerprint density at radius 1 is 1.26 bits per heavy atom. The highest BCUT2D eigenvalue weighted by atomic mass is 32.1. The van der Waals surface area contributed by atoms with Crippen molar-refractivity contribution in [3.8, 4) is 0 Å². The van der Waals surface area contributed by atoms with Crippen LogP contribution in [0.4, 0.5) is 4.39 Å². The van der Waals surface area contributed by atoms with E-state index in [-0.39, 0.29) is 36.5 Å². The van der Waals surface area contributed by atoms with Crippen LogP contribution in [0.2, 0.25) is 0 Å². The van der Waals surface area contributed by atoms with Gasteiger partial charge < -0.3 is 10.1 Å². The molecule has 1 saturated carbocycles. The third-order valence-corrected chi connectivity index (χ3v) is 6.45. The fourth-order valence-corrected chi connectivity index (χ4v) is 4.75. The third kappa shape index (κ3) is 6.13. The van der Waals surface area contributed by atoms with Gasteiger partial charge in [-0.2, -0.15) is 0 Å². The molecule has 1 aliphatic rings. The lowest BCUT2D eigenvalue weighted by Crippen LogP contribution is -2.45. The number of benzene rings is 1. The van der Waals surface area contributed by atoms with Crippen LogP contribution in [0.5, 0.6) is 0 Å². The van der Waals surface area contributed by atoms with Gasteiger partial charge in [-0.1, -0.05) is 31.9 Å². The molecule has 0 radical (unpaired) electrons. The van der Waals surface area contributed by atoms with Crippen molar-refractivity contribution < 1.29 is 18.7 Å².